The number of hydrogen-bond donors (Lipinski definition) is 0. The number of aromatic nitrogens is 1. The Labute approximate surface area is 153 Å². The summed E-state index contributed by atoms with van der Waals surface area (Å²) in [6, 6.07) is 12.7. The number of methoxy groups -OCH3 is 1. The zero-order valence-corrected chi connectivity index (χ0v) is 16.1. The molecule has 2 aromatic rings. The molecule has 0 spiro atoms. The van der Waals surface area contributed by atoms with Crippen molar-refractivity contribution >= 4 is 0 Å². The molecule has 1 atom stereocenters. The molecule has 0 saturated carbocycles. The Morgan fingerprint density at radius 1 is 0.880 bits per heavy atom. The highest BCUT2D eigenvalue weighted by atomic mass is 16.5. The van der Waals surface area contributed by atoms with Crippen molar-refractivity contribution in [3.8, 4) is 5.75 Å². The van der Waals surface area contributed by atoms with Crippen LogP contribution in [0.3, 0.4) is 0 Å². The van der Waals surface area contributed by atoms with Crippen LogP contribution in [0, 0.1) is 0 Å². The Morgan fingerprint density at radius 3 is 2.16 bits per heavy atom. The predicted octanol–water partition coefficient (Wildman–Crippen LogP) is 6.54. The molecular formula is C23H33NO. The minimum Gasteiger partial charge on any atom is -0.497 e. The van der Waals surface area contributed by atoms with E-state index in [0.717, 1.165) is 17.9 Å². The molecule has 0 aliphatic heterocycles. The smallest absolute Gasteiger partial charge is 0.118 e. The molecule has 1 heterocycles. The zero-order valence-electron chi connectivity index (χ0n) is 16.1. The summed E-state index contributed by atoms with van der Waals surface area (Å²) in [6.07, 6.45) is 12.7. The molecule has 0 aliphatic carbocycles. The molecule has 136 valence electrons. The summed E-state index contributed by atoms with van der Waals surface area (Å²) < 4.78 is 5.23. The van der Waals surface area contributed by atoms with Gasteiger partial charge in [-0.15, -0.1) is 0 Å². The molecule has 0 amide bonds. The van der Waals surface area contributed by atoms with Gasteiger partial charge in [-0.05, 0) is 42.2 Å². The number of rotatable bonds is 11. The van der Waals surface area contributed by atoms with Crippen molar-refractivity contribution in [2.45, 2.75) is 71.1 Å². The molecule has 1 unspecified atom stereocenters. The first-order chi connectivity index (χ1) is 12.2. The predicted molar refractivity (Wildman–Crippen MR) is 106 cm³/mol. The highest BCUT2D eigenvalue weighted by molar-refractivity contribution is 5.33. The van der Waals surface area contributed by atoms with Gasteiger partial charge in [-0.25, -0.2) is 0 Å². The highest BCUT2D eigenvalue weighted by Crippen LogP contribution is 2.24. The van der Waals surface area contributed by atoms with Gasteiger partial charge in [0.15, 0.2) is 0 Å². The SMILES string of the molecule is CCCCCCCCCc1ccc(C(C)c2ccc(OC)cc2)nc1. The summed E-state index contributed by atoms with van der Waals surface area (Å²) in [4.78, 5) is 4.71. The van der Waals surface area contributed by atoms with Crippen molar-refractivity contribution in [3.63, 3.8) is 0 Å². The largest absolute Gasteiger partial charge is 0.497 e. The summed E-state index contributed by atoms with van der Waals surface area (Å²) in [6.45, 7) is 4.48. The number of ether oxygens (including phenoxy) is 1. The van der Waals surface area contributed by atoms with Crippen LogP contribution in [0.4, 0.5) is 0 Å². The van der Waals surface area contributed by atoms with Crippen LogP contribution in [0.5, 0.6) is 5.75 Å². The minimum atomic E-state index is 0.304. The van der Waals surface area contributed by atoms with Gasteiger partial charge < -0.3 is 4.74 Å². The van der Waals surface area contributed by atoms with Crippen LogP contribution in [0.2, 0.25) is 0 Å². The van der Waals surface area contributed by atoms with E-state index in [1.54, 1.807) is 7.11 Å². The van der Waals surface area contributed by atoms with Crippen molar-refractivity contribution in [1.29, 1.82) is 0 Å². The van der Waals surface area contributed by atoms with E-state index in [1.807, 2.05) is 12.1 Å². The van der Waals surface area contributed by atoms with Crippen LogP contribution in [-0.2, 0) is 6.42 Å². The first kappa shape index (κ1) is 19.5. The molecule has 0 saturated heterocycles. The van der Waals surface area contributed by atoms with Crippen LogP contribution in [0.1, 0.15) is 81.5 Å². The Hall–Kier alpha value is -1.83. The van der Waals surface area contributed by atoms with Gasteiger partial charge in [-0.1, -0.05) is 70.6 Å². The van der Waals surface area contributed by atoms with Gasteiger partial charge in [0.2, 0.25) is 0 Å². The Morgan fingerprint density at radius 2 is 1.56 bits per heavy atom. The fraction of sp³-hybridized carbons (Fsp3) is 0.522. The summed E-state index contributed by atoms with van der Waals surface area (Å²) in [5, 5.41) is 0. The van der Waals surface area contributed by atoms with E-state index in [2.05, 4.69) is 44.3 Å². The number of benzene rings is 1. The lowest BCUT2D eigenvalue weighted by Gasteiger charge is -2.12. The average molecular weight is 340 g/mol. The van der Waals surface area contributed by atoms with Gasteiger partial charge in [-0.2, -0.15) is 0 Å². The Bertz CT molecular complexity index is 588. The summed E-state index contributed by atoms with van der Waals surface area (Å²) in [5.74, 6) is 1.20. The lowest BCUT2D eigenvalue weighted by Crippen LogP contribution is -2.00. The molecule has 25 heavy (non-hydrogen) atoms. The third-order valence-electron chi connectivity index (χ3n) is 4.98. The number of nitrogens with zero attached hydrogens (tertiary/aromatic N) is 1. The second-order valence-electron chi connectivity index (χ2n) is 6.96. The normalized spacial score (nSPS) is 12.1. The molecule has 2 rings (SSSR count). The van der Waals surface area contributed by atoms with Crippen molar-refractivity contribution in [2.75, 3.05) is 7.11 Å². The average Bonchev–Trinajstić information content (AvgIpc) is 2.67. The second kappa shape index (κ2) is 10.9. The molecule has 1 aromatic heterocycles. The number of hydrogen-bond acceptors (Lipinski definition) is 2. The number of pyridine rings is 1. The topological polar surface area (TPSA) is 22.1 Å². The van der Waals surface area contributed by atoms with Crippen LogP contribution < -0.4 is 4.74 Å². The summed E-state index contributed by atoms with van der Waals surface area (Å²) >= 11 is 0. The molecular weight excluding hydrogens is 306 g/mol. The third kappa shape index (κ3) is 6.53. The van der Waals surface area contributed by atoms with Gasteiger partial charge in [0.05, 0.1) is 7.11 Å². The first-order valence-corrected chi connectivity index (χ1v) is 9.83. The van der Waals surface area contributed by atoms with E-state index in [-0.39, 0.29) is 0 Å². The molecule has 2 nitrogen and oxygen atoms in total. The molecule has 0 radical (unpaired) electrons. The van der Waals surface area contributed by atoms with E-state index >= 15 is 0 Å². The lowest BCUT2D eigenvalue weighted by atomic mass is 9.96. The molecule has 2 heteroatoms. The maximum Gasteiger partial charge on any atom is 0.118 e. The van der Waals surface area contributed by atoms with Crippen LogP contribution in [0.15, 0.2) is 42.6 Å². The fourth-order valence-corrected chi connectivity index (χ4v) is 3.19. The van der Waals surface area contributed by atoms with Gasteiger partial charge in [-0.3, -0.25) is 4.98 Å². The summed E-state index contributed by atoms with van der Waals surface area (Å²) in [5.41, 5.74) is 3.76. The standard InChI is InChI=1S/C23H33NO/c1-4-5-6-7-8-9-10-11-20-12-17-23(24-18-20)19(2)21-13-15-22(25-3)16-14-21/h12-19H,4-11H2,1-3H3. The second-order valence-corrected chi connectivity index (χ2v) is 6.96. The zero-order chi connectivity index (χ0) is 17.9. The minimum absolute atomic E-state index is 0.304. The molecule has 1 aromatic carbocycles. The Balaban J connectivity index is 1.78. The van der Waals surface area contributed by atoms with Crippen LogP contribution >= 0.6 is 0 Å². The lowest BCUT2D eigenvalue weighted by molar-refractivity contribution is 0.414. The number of aryl methyl sites for hydroxylation is 1. The summed E-state index contributed by atoms with van der Waals surface area (Å²) in [7, 11) is 1.70. The third-order valence-corrected chi connectivity index (χ3v) is 4.98. The monoisotopic (exact) mass is 339 g/mol. The van der Waals surface area contributed by atoms with Gasteiger partial charge in [0.25, 0.3) is 0 Å². The Kier molecular flexibility index (Phi) is 8.51. The van der Waals surface area contributed by atoms with Crippen molar-refractivity contribution in [1.82, 2.24) is 4.98 Å². The van der Waals surface area contributed by atoms with Crippen LogP contribution in [0.25, 0.3) is 0 Å². The quantitative estimate of drug-likeness (QED) is 0.434. The van der Waals surface area contributed by atoms with Crippen LogP contribution in [-0.4, -0.2) is 12.1 Å². The number of unbranched alkanes of at least 4 members (excludes halogenated alkanes) is 6. The van der Waals surface area contributed by atoms with Gasteiger partial charge in [0.1, 0.15) is 5.75 Å². The van der Waals surface area contributed by atoms with Crippen molar-refractivity contribution in [3.05, 3.63) is 59.4 Å². The van der Waals surface area contributed by atoms with E-state index in [0.29, 0.717) is 5.92 Å². The maximum absolute atomic E-state index is 5.23. The van der Waals surface area contributed by atoms with E-state index in [1.165, 1.54) is 56.1 Å². The molecule has 0 bridgehead atoms. The van der Waals surface area contributed by atoms with Crippen molar-refractivity contribution < 1.29 is 4.74 Å². The van der Waals surface area contributed by atoms with Crippen molar-refractivity contribution in [2.24, 2.45) is 0 Å². The highest BCUT2D eigenvalue weighted by Gasteiger charge is 2.10. The maximum atomic E-state index is 5.23. The van der Waals surface area contributed by atoms with Gasteiger partial charge in [0, 0.05) is 17.8 Å². The van der Waals surface area contributed by atoms with Gasteiger partial charge >= 0.3 is 0 Å². The van der Waals surface area contributed by atoms with E-state index in [4.69, 9.17) is 9.72 Å². The van der Waals surface area contributed by atoms with E-state index in [9.17, 15) is 0 Å². The first-order valence-electron chi connectivity index (χ1n) is 9.83. The molecule has 0 N–H and O–H groups in total. The fourth-order valence-electron chi connectivity index (χ4n) is 3.19. The van der Waals surface area contributed by atoms with E-state index < -0.39 is 0 Å². The molecule has 0 aliphatic rings. The molecule has 0 fully saturated rings.